The molecule has 2 N–H and O–H groups in total. The molecular weight excluding hydrogens is 305 g/mol. The first kappa shape index (κ1) is 17.9. The molecule has 2 heterocycles. The van der Waals surface area contributed by atoms with Crippen LogP contribution in [0.5, 0.6) is 0 Å². The van der Waals surface area contributed by atoms with E-state index >= 15 is 0 Å². The maximum Gasteiger partial charge on any atom is 0.490 e. The predicted octanol–water partition coefficient (Wildman–Crippen LogP) is 1.62. The van der Waals surface area contributed by atoms with Crippen LogP contribution in [-0.2, 0) is 11.2 Å². The number of aromatic nitrogens is 2. The van der Waals surface area contributed by atoms with E-state index in [0.29, 0.717) is 11.8 Å². The summed E-state index contributed by atoms with van der Waals surface area (Å²) >= 11 is 0. The molecular formula is C12H17F3N4O3. The number of carbonyl (C=O) groups is 1. The Morgan fingerprint density at radius 2 is 2.18 bits per heavy atom. The Kier molecular flexibility index (Phi) is 6.32. The number of nitrogens with one attached hydrogen (secondary N) is 1. The molecule has 0 radical (unpaired) electrons. The normalized spacial score (nSPS) is 17.6. The molecule has 0 aliphatic carbocycles. The van der Waals surface area contributed by atoms with Crippen molar-refractivity contribution in [3.63, 3.8) is 0 Å². The molecule has 1 atom stereocenters. The van der Waals surface area contributed by atoms with Crippen LogP contribution in [0.4, 0.5) is 13.2 Å². The summed E-state index contributed by atoms with van der Waals surface area (Å²) in [5, 5.41) is 14.2. The van der Waals surface area contributed by atoms with Crippen molar-refractivity contribution >= 4 is 12.3 Å². The van der Waals surface area contributed by atoms with Crippen molar-refractivity contribution in [2.24, 2.45) is 10.9 Å². The minimum absolute atomic E-state index is 0.225. The molecule has 0 bridgehead atoms. The van der Waals surface area contributed by atoms with Gasteiger partial charge in [-0.2, -0.15) is 18.2 Å². The average Bonchev–Trinajstić information content (AvgIpc) is 2.87. The summed E-state index contributed by atoms with van der Waals surface area (Å²) in [4.78, 5) is 17.4. The summed E-state index contributed by atoms with van der Waals surface area (Å²) < 4.78 is 37.0. The zero-order valence-electron chi connectivity index (χ0n) is 12.1. The van der Waals surface area contributed by atoms with Gasteiger partial charge >= 0.3 is 12.1 Å². The third kappa shape index (κ3) is 6.10. The molecule has 1 aromatic heterocycles. The largest absolute Gasteiger partial charge is 0.490 e. The molecule has 1 aliphatic heterocycles. The predicted molar refractivity (Wildman–Crippen MR) is 70.6 cm³/mol. The fourth-order valence-electron chi connectivity index (χ4n) is 1.55. The van der Waals surface area contributed by atoms with Crippen LogP contribution in [0.1, 0.15) is 31.5 Å². The lowest BCUT2D eigenvalue weighted by Gasteiger charge is -2.13. The molecule has 10 heteroatoms. The lowest BCUT2D eigenvalue weighted by molar-refractivity contribution is -0.192. The number of rotatable bonds is 3. The standard InChI is InChI=1S/C10H16N4O.C2HF3O2/c1-7(2)3-9-13-10(15-14-9)8-4-11-6-12-5-8;3-2(4,5)1(6)7/h6-8H,3-5H2,1-2H3,(H,11,12);(H,6,7). The van der Waals surface area contributed by atoms with Crippen molar-refractivity contribution < 1.29 is 27.6 Å². The number of aliphatic imine (C=N–C) groups is 1. The first-order valence-corrected chi connectivity index (χ1v) is 6.54. The smallest absolute Gasteiger partial charge is 0.475 e. The van der Waals surface area contributed by atoms with E-state index in [1.165, 1.54) is 0 Å². The third-order valence-corrected chi connectivity index (χ3v) is 2.54. The Balaban J connectivity index is 0.000000295. The Labute approximate surface area is 124 Å². The maximum absolute atomic E-state index is 10.6. The SMILES string of the molecule is CC(C)Cc1noc(C2CN=CNC2)n1.O=C(O)C(F)(F)F. The maximum atomic E-state index is 10.6. The number of carboxylic acid groups (broad SMARTS) is 1. The van der Waals surface area contributed by atoms with E-state index < -0.39 is 12.1 Å². The minimum Gasteiger partial charge on any atom is -0.475 e. The first-order valence-electron chi connectivity index (χ1n) is 6.54. The molecule has 1 unspecified atom stereocenters. The quantitative estimate of drug-likeness (QED) is 0.877. The van der Waals surface area contributed by atoms with Gasteiger partial charge in [0.25, 0.3) is 0 Å². The van der Waals surface area contributed by atoms with Gasteiger partial charge in [-0.15, -0.1) is 0 Å². The Bertz CT molecular complexity index is 514. The number of hydrogen-bond acceptors (Lipinski definition) is 6. The highest BCUT2D eigenvalue weighted by Gasteiger charge is 2.38. The van der Waals surface area contributed by atoms with Gasteiger partial charge < -0.3 is 14.9 Å². The lowest BCUT2D eigenvalue weighted by Crippen LogP contribution is -2.27. The topological polar surface area (TPSA) is 101 Å². The second-order valence-corrected chi connectivity index (χ2v) is 5.05. The molecule has 22 heavy (non-hydrogen) atoms. The summed E-state index contributed by atoms with van der Waals surface area (Å²) in [6.45, 7) is 5.84. The Hall–Kier alpha value is -2.13. The van der Waals surface area contributed by atoms with Gasteiger partial charge in [-0.1, -0.05) is 19.0 Å². The van der Waals surface area contributed by atoms with E-state index in [0.717, 1.165) is 25.3 Å². The molecule has 124 valence electrons. The van der Waals surface area contributed by atoms with Crippen molar-refractivity contribution in [3.8, 4) is 0 Å². The number of alkyl halides is 3. The Morgan fingerprint density at radius 3 is 2.64 bits per heavy atom. The van der Waals surface area contributed by atoms with E-state index in [-0.39, 0.29) is 5.92 Å². The number of halogens is 3. The highest BCUT2D eigenvalue weighted by atomic mass is 19.4. The molecule has 0 spiro atoms. The monoisotopic (exact) mass is 322 g/mol. The van der Waals surface area contributed by atoms with Crippen LogP contribution in [0.3, 0.4) is 0 Å². The van der Waals surface area contributed by atoms with Crippen molar-refractivity contribution in [1.82, 2.24) is 15.5 Å². The van der Waals surface area contributed by atoms with E-state index in [4.69, 9.17) is 14.4 Å². The van der Waals surface area contributed by atoms with Crippen LogP contribution in [0.15, 0.2) is 9.52 Å². The molecule has 0 amide bonds. The molecule has 0 saturated carbocycles. The average molecular weight is 322 g/mol. The summed E-state index contributed by atoms with van der Waals surface area (Å²) in [5.41, 5.74) is 0. The van der Waals surface area contributed by atoms with Gasteiger partial charge in [0, 0.05) is 13.0 Å². The molecule has 0 fully saturated rings. The summed E-state index contributed by atoms with van der Waals surface area (Å²) in [6.07, 6.45) is -2.49. The lowest BCUT2D eigenvalue weighted by atomic mass is 10.1. The van der Waals surface area contributed by atoms with E-state index in [1.807, 2.05) is 0 Å². The number of aliphatic carboxylic acids is 1. The molecule has 2 rings (SSSR count). The molecule has 1 aliphatic rings. The fraction of sp³-hybridized carbons (Fsp3) is 0.667. The summed E-state index contributed by atoms with van der Waals surface area (Å²) in [6, 6.07) is 0. The van der Waals surface area contributed by atoms with Crippen LogP contribution in [-0.4, -0.2) is 46.8 Å². The van der Waals surface area contributed by atoms with Gasteiger partial charge in [0.1, 0.15) is 0 Å². The van der Waals surface area contributed by atoms with Gasteiger partial charge in [-0.3, -0.25) is 4.99 Å². The van der Waals surface area contributed by atoms with Crippen molar-refractivity contribution in [2.45, 2.75) is 32.4 Å². The molecule has 0 saturated heterocycles. The van der Waals surface area contributed by atoms with Crippen molar-refractivity contribution in [1.29, 1.82) is 0 Å². The molecule has 7 nitrogen and oxygen atoms in total. The molecule has 0 aromatic carbocycles. The number of carboxylic acids is 1. The minimum atomic E-state index is -5.08. The second kappa shape index (κ2) is 7.76. The van der Waals surface area contributed by atoms with Gasteiger partial charge in [-0.25, -0.2) is 4.79 Å². The van der Waals surface area contributed by atoms with Gasteiger partial charge in [0.2, 0.25) is 5.89 Å². The first-order chi connectivity index (χ1) is 10.2. The highest BCUT2D eigenvalue weighted by Crippen LogP contribution is 2.16. The summed E-state index contributed by atoms with van der Waals surface area (Å²) in [7, 11) is 0. The Morgan fingerprint density at radius 1 is 1.55 bits per heavy atom. The summed E-state index contributed by atoms with van der Waals surface area (Å²) in [5.74, 6) is -0.474. The van der Waals surface area contributed by atoms with Crippen molar-refractivity contribution in [3.05, 3.63) is 11.7 Å². The zero-order valence-corrected chi connectivity index (χ0v) is 12.1. The van der Waals surface area contributed by atoms with Crippen LogP contribution >= 0.6 is 0 Å². The fourth-order valence-corrected chi connectivity index (χ4v) is 1.55. The van der Waals surface area contributed by atoms with Crippen LogP contribution in [0, 0.1) is 5.92 Å². The molecule has 1 aromatic rings. The van der Waals surface area contributed by atoms with Crippen molar-refractivity contribution in [2.75, 3.05) is 13.1 Å². The third-order valence-electron chi connectivity index (χ3n) is 2.54. The zero-order chi connectivity index (χ0) is 16.8. The van der Waals surface area contributed by atoms with Crippen LogP contribution < -0.4 is 5.32 Å². The van der Waals surface area contributed by atoms with E-state index in [1.54, 1.807) is 6.34 Å². The number of nitrogens with zero attached hydrogens (tertiary/aromatic N) is 3. The van der Waals surface area contributed by atoms with E-state index in [9.17, 15) is 13.2 Å². The number of hydrogen-bond donors (Lipinski definition) is 2. The van der Waals surface area contributed by atoms with Crippen LogP contribution in [0.25, 0.3) is 0 Å². The van der Waals surface area contributed by atoms with Gasteiger partial charge in [0.15, 0.2) is 5.82 Å². The van der Waals surface area contributed by atoms with Gasteiger partial charge in [0.05, 0.1) is 18.8 Å². The van der Waals surface area contributed by atoms with Gasteiger partial charge in [-0.05, 0) is 5.92 Å². The highest BCUT2D eigenvalue weighted by molar-refractivity contribution is 5.73. The van der Waals surface area contributed by atoms with Crippen LogP contribution in [0.2, 0.25) is 0 Å². The van der Waals surface area contributed by atoms with E-state index in [2.05, 4.69) is 34.3 Å². The second-order valence-electron chi connectivity index (χ2n) is 5.05.